The monoisotopic (exact) mass is 285 g/mol. The van der Waals surface area contributed by atoms with Gasteiger partial charge in [0.25, 0.3) is 0 Å². The van der Waals surface area contributed by atoms with Crippen molar-refractivity contribution in [3.05, 3.63) is 34.9 Å². The molecule has 0 unspecified atom stereocenters. The maximum absolute atomic E-state index is 12.0. The molecule has 6 heteroatoms. The summed E-state index contributed by atoms with van der Waals surface area (Å²) in [5, 5.41) is 0. The van der Waals surface area contributed by atoms with Crippen molar-refractivity contribution in [2.24, 2.45) is 0 Å². The number of hydrogen-bond acceptors (Lipinski definition) is 4. The van der Waals surface area contributed by atoms with Crippen LogP contribution in [0, 0.1) is 13.8 Å². The van der Waals surface area contributed by atoms with E-state index in [1.165, 1.54) is 0 Å². The number of esters is 1. The first-order valence-corrected chi connectivity index (χ1v) is 7.81. The smallest absolute Gasteiger partial charge is 0.338 e. The van der Waals surface area contributed by atoms with Crippen molar-refractivity contribution in [2.75, 3.05) is 12.8 Å². The summed E-state index contributed by atoms with van der Waals surface area (Å²) >= 11 is 0. The summed E-state index contributed by atoms with van der Waals surface area (Å²) in [6, 6.07) is 5.40. The second kappa shape index (κ2) is 6.16. The van der Waals surface area contributed by atoms with Crippen molar-refractivity contribution < 1.29 is 17.9 Å². The molecule has 0 spiro atoms. The van der Waals surface area contributed by atoms with Crippen LogP contribution in [0.4, 0.5) is 0 Å². The zero-order chi connectivity index (χ0) is 14.6. The van der Waals surface area contributed by atoms with Gasteiger partial charge in [0.1, 0.15) is 6.10 Å². The molecule has 0 heterocycles. The summed E-state index contributed by atoms with van der Waals surface area (Å²) < 4.78 is 29.4. The summed E-state index contributed by atoms with van der Waals surface area (Å²) in [5.41, 5.74) is 2.39. The Kier molecular flexibility index (Phi) is 5.08. The Balaban J connectivity index is 2.67. The molecular weight excluding hydrogens is 266 g/mol. The minimum atomic E-state index is -3.28. The fraction of sp³-hybridized carbons (Fsp3) is 0.462. The van der Waals surface area contributed by atoms with E-state index in [4.69, 9.17) is 4.74 Å². The number of ether oxygens (including phenoxy) is 1. The van der Waals surface area contributed by atoms with Crippen LogP contribution < -0.4 is 4.72 Å². The number of benzene rings is 1. The van der Waals surface area contributed by atoms with Crippen LogP contribution in [0.15, 0.2) is 18.2 Å². The van der Waals surface area contributed by atoms with Gasteiger partial charge in [-0.15, -0.1) is 0 Å². The van der Waals surface area contributed by atoms with Crippen molar-refractivity contribution in [1.29, 1.82) is 0 Å². The molecule has 0 bridgehead atoms. The predicted molar refractivity (Wildman–Crippen MR) is 73.6 cm³/mol. The standard InChI is InChI=1S/C13H19NO4S/c1-9-6-5-7-12(11(9)3)13(15)18-10(2)8-14-19(4,16)17/h5-7,10,14H,8H2,1-4H3/t10-/m0/s1. The molecule has 0 saturated carbocycles. The van der Waals surface area contributed by atoms with Crippen LogP contribution in [-0.4, -0.2) is 33.3 Å². The number of sulfonamides is 1. The van der Waals surface area contributed by atoms with E-state index < -0.39 is 22.1 Å². The Morgan fingerprint density at radius 2 is 2.00 bits per heavy atom. The third-order valence-electron chi connectivity index (χ3n) is 2.77. The topological polar surface area (TPSA) is 72.5 Å². The van der Waals surface area contributed by atoms with Gasteiger partial charge in [0, 0.05) is 6.54 Å². The SMILES string of the molecule is Cc1cccc(C(=O)O[C@@H](C)CNS(C)(=O)=O)c1C. The van der Waals surface area contributed by atoms with Crippen LogP contribution in [0.1, 0.15) is 28.4 Å². The fourth-order valence-corrected chi connectivity index (χ4v) is 2.07. The first kappa shape index (κ1) is 15.7. The summed E-state index contributed by atoms with van der Waals surface area (Å²) in [7, 11) is -3.28. The molecule has 0 aliphatic heterocycles. The van der Waals surface area contributed by atoms with Gasteiger partial charge in [0.2, 0.25) is 10.0 Å². The molecule has 1 N–H and O–H groups in total. The highest BCUT2D eigenvalue weighted by Gasteiger charge is 2.15. The third-order valence-corrected chi connectivity index (χ3v) is 3.46. The van der Waals surface area contributed by atoms with Crippen LogP contribution in [0.2, 0.25) is 0 Å². The van der Waals surface area contributed by atoms with E-state index in [-0.39, 0.29) is 6.54 Å². The van der Waals surface area contributed by atoms with E-state index in [1.54, 1.807) is 19.1 Å². The van der Waals surface area contributed by atoms with Gasteiger partial charge in [-0.05, 0) is 38.0 Å². The first-order chi connectivity index (χ1) is 8.70. The van der Waals surface area contributed by atoms with Crippen molar-refractivity contribution >= 4 is 16.0 Å². The summed E-state index contributed by atoms with van der Waals surface area (Å²) in [6.45, 7) is 5.47. The highest BCUT2D eigenvalue weighted by Crippen LogP contribution is 2.14. The first-order valence-electron chi connectivity index (χ1n) is 5.92. The Morgan fingerprint density at radius 3 is 2.58 bits per heavy atom. The van der Waals surface area contributed by atoms with Crippen LogP contribution in [0.25, 0.3) is 0 Å². The molecule has 0 amide bonds. The van der Waals surface area contributed by atoms with Crippen LogP contribution in [0.3, 0.4) is 0 Å². The van der Waals surface area contributed by atoms with Gasteiger partial charge in [0.05, 0.1) is 11.8 Å². The Morgan fingerprint density at radius 1 is 1.37 bits per heavy atom. The fourth-order valence-electron chi connectivity index (χ4n) is 1.53. The number of rotatable bonds is 5. The molecule has 1 aromatic rings. The largest absolute Gasteiger partial charge is 0.458 e. The van der Waals surface area contributed by atoms with Gasteiger partial charge in [-0.1, -0.05) is 12.1 Å². The highest BCUT2D eigenvalue weighted by molar-refractivity contribution is 7.88. The van der Waals surface area contributed by atoms with E-state index in [1.807, 2.05) is 19.9 Å². The van der Waals surface area contributed by atoms with E-state index in [0.717, 1.165) is 17.4 Å². The molecule has 0 radical (unpaired) electrons. The lowest BCUT2D eigenvalue weighted by molar-refractivity contribution is 0.0351. The van der Waals surface area contributed by atoms with Crippen molar-refractivity contribution in [2.45, 2.75) is 26.9 Å². The zero-order valence-corrected chi connectivity index (χ0v) is 12.4. The molecular formula is C13H19NO4S. The van der Waals surface area contributed by atoms with Gasteiger partial charge in [-0.25, -0.2) is 17.9 Å². The Labute approximate surface area is 114 Å². The van der Waals surface area contributed by atoms with Crippen molar-refractivity contribution in [3.8, 4) is 0 Å². The lowest BCUT2D eigenvalue weighted by Crippen LogP contribution is -2.32. The molecule has 1 atom stereocenters. The average Bonchev–Trinajstić information content (AvgIpc) is 2.29. The van der Waals surface area contributed by atoms with E-state index in [0.29, 0.717) is 5.56 Å². The predicted octanol–water partition coefficient (Wildman–Crippen LogP) is 1.40. The van der Waals surface area contributed by atoms with Gasteiger partial charge in [0.15, 0.2) is 0 Å². The Hall–Kier alpha value is -1.40. The van der Waals surface area contributed by atoms with Crippen LogP contribution in [-0.2, 0) is 14.8 Å². The number of hydrogen-bond donors (Lipinski definition) is 1. The molecule has 106 valence electrons. The van der Waals surface area contributed by atoms with Gasteiger partial charge in [-0.2, -0.15) is 0 Å². The normalized spacial score (nSPS) is 13.1. The second-order valence-electron chi connectivity index (χ2n) is 4.58. The number of nitrogens with one attached hydrogen (secondary N) is 1. The van der Waals surface area contributed by atoms with Gasteiger partial charge < -0.3 is 4.74 Å². The van der Waals surface area contributed by atoms with E-state index in [9.17, 15) is 13.2 Å². The second-order valence-corrected chi connectivity index (χ2v) is 6.42. The molecule has 0 fully saturated rings. The van der Waals surface area contributed by atoms with Crippen molar-refractivity contribution in [3.63, 3.8) is 0 Å². The summed E-state index contributed by atoms with van der Waals surface area (Å²) in [4.78, 5) is 12.0. The average molecular weight is 285 g/mol. The minimum absolute atomic E-state index is 0.0649. The zero-order valence-electron chi connectivity index (χ0n) is 11.6. The number of carbonyl (C=O) groups is 1. The number of aryl methyl sites for hydroxylation is 1. The molecule has 0 saturated heterocycles. The molecule has 0 aliphatic rings. The minimum Gasteiger partial charge on any atom is -0.458 e. The summed E-state index contributed by atoms with van der Waals surface area (Å²) in [5.74, 6) is -0.441. The quantitative estimate of drug-likeness (QED) is 0.830. The third kappa shape index (κ3) is 5.00. The molecule has 1 rings (SSSR count). The lowest BCUT2D eigenvalue weighted by Gasteiger charge is -2.15. The Bertz CT molecular complexity index is 566. The number of carbonyl (C=O) groups excluding carboxylic acids is 1. The molecule has 0 aliphatic carbocycles. The maximum Gasteiger partial charge on any atom is 0.338 e. The van der Waals surface area contributed by atoms with E-state index >= 15 is 0 Å². The maximum atomic E-state index is 12.0. The van der Waals surface area contributed by atoms with E-state index in [2.05, 4.69) is 4.72 Å². The van der Waals surface area contributed by atoms with Gasteiger partial charge in [-0.3, -0.25) is 0 Å². The molecule has 5 nitrogen and oxygen atoms in total. The van der Waals surface area contributed by atoms with Crippen LogP contribution in [0.5, 0.6) is 0 Å². The molecule has 0 aromatic heterocycles. The van der Waals surface area contributed by atoms with Gasteiger partial charge >= 0.3 is 5.97 Å². The highest BCUT2D eigenvalue weighted by atomic mass is 32.2. The molecule has 19 heavy (non-hydrogen) atoms. The summed E-state index contributed by atoms with van der Waals surface area (Å²) in [6.07, 6.45) is 0.536. The molecule has 1 aromatic carbocycles. The van der Waals surface area contributed by atoms with Crippen LogP contribution >= 0.6 is 0 Å². The lowest BCUT2D eigenvalue weighted by atomic mass is 10.0. The van der Waals surface area contributed by atoms with Crippen molar-refractivity contribution in [1.82, 2.24) is 4.72 Å².